The summed E-state index contributed by atoms with van der Waals surface area (Å²) in [6, 6.07) is 8.45. The Kier molecular flexibility index (Phi) is 3.40. The van der Waals surface area contributed by atoms with Crippen molar-refractivity contribution in [2.45, 2.75) is 51.0 Å². The van der Waals surface area contributed by atoms with Crippen LogP contribution in [0.15, 0.2) is 24.3 Å². The van der Waals surface area contributed by atoms with Crippen molar-refractivity contribution in [3.63, 3.8) is 0 Å². The van der Waals surface area contributed by atoms with E-state index in [2.05, 4.69) is 25.1 Å². The lowest BCUT2D eigenvalue weighted by Gasteiger charge is -2.34. The third-order valence-corrected chi connectivity index (χ3v) is 5.18. The molecule has 2 fully saturated rings. The molecule has 2 nitrogen and oxygen atoms in total. The fraction of sp³-hybridized carbons (Fsp3) is 0.647. The van der Waals surface area contributed by atoms with Gasteiger partial charge in [0.2, 0.25) is 0 Å². The number of benzene rings is 1. The van der Waals surface area contributed by atoms with Gasteiger partial charge in [0.05, 0.1) is 6.10 Å². The fourth-order valence-corrected chi connectivity index (χ4v) is 3.83. The summed E-state index contributed by atoms with van der Waals surface area (Å²) >= 11 is 0. The van der Waals surface area contributed by atoms with Gasteiger partial charge in [-0.25, -0.2) is 0 Å². The third-order valence-electron chi connectivity index (χ3n) is 5.18. The zero-order valence-corrected chi connectivity index (χ0v) is 11.8. The lowest BCUT2D eigenvalue weighted by Crippen LogP contribution is -2.35. The van der Waals surface area contributed by atoms with Crippen molar-refractivity contribution in [3.05, 3.63) is 35.4 Å². The van der Waals surface area contributed by atoms with Crippen molar-refractivity contribution in [2.75, 3.05) is 6.54 Å². The van der Waals surface area contributed by atoms with Gasteiger partial charge in [-0.3, -0.25) is 0 Å². The molecule has 0 heterocycles. The number of rotatable bonds is 4. The first-order valence-electron chi connectivity index (χ1n) is 7.63. The summed E-state index contributed by atoms with van der Waals surface area (Å²) in [4.78, 5) is 0. The molecule has 0 saturated heterocycles. The maximum absolute atomic E-state index is 11.0. The Bertz CT molecular complexity index is 454. The van der Waals surface area contributed by atoms with E-state index >= 15 is 0 Å². The molecule has 3 atom stereocenters. The van der Waals surface area contributed by atoms with E-state index in [1.54, 1.807) is 0 Å². The van der Waals surface area contributed by atoms with Gasteiger partial charge >= 0.3 is 0 Å². The summed E-state index contributed by atoms with van der Waals surface area (Å²) < 4.78 is 0. The maximum atomic E-state index is 11.0. The molecule has 2 heteroatoms. The van der Waals surface area contributed by atoms with E-state index in [1.807, 2.05) is 6.07 Å². The van der Waals surface area contributed by atoms with Gasteiger partial charge in [0.25, 0.3) is 0 Å². The summed E-state index contributed by atoms with van der Waals surface area (Å²) in [7, 11) is 0. The number of aliphatic hydroxyl groups excluding tert-OH is 1. The van der Waals surface area contributed by atoms with Gasteiger partial charge in [-0.1, -0.05) is 37.6 Å². The molecule has 1 aromatic carbocycles. The Morgan fingerprint density at radius 2 is 2.05 bits per heavy atom. The Morgan fingerprint density at radius 1 is 1.32 bits per heavy atom. The summed E-state index contributed by atoms with van der Waals surface area (Å²) in [5.74, 6) is 1.37. The largest absolute Gasteiger partial charge is 0.388 e. The Hall–Kier alpha value is -0.860. The van der Waals surface area contributed by atoms with Crippen LogP contribution < -0.4 is 5.73 Å². The predicted molar refractivity (Wildman–Crippen MR) is 77.9 cm³/mol. The Morgan fingerprint density at radius 3 is 2.63 bits per heavy atom. The lowest BCUT2D eigenvalue weighted by atomic mass is 9.75. The van der Waals surface area contributed by atoms with Crippen LogP contribution in [0.5, 0.6) is 0 Å². The summed E-state index contributed by atoms with van der Waals surface area (Å²) in [6.07, 6.45) is 5.47. The van der Waals surface area contributed by atoms with Crippen LogP contribution >= 0.6 is 0 Å². The van der Waals surface area contributed by atoms with Crippen molar-refractivity contribution < 1.29 is 5.11 Å². The molecular formula is C17H25NO. The van der Waals surface area contributed by atoms with E-state index < -0.39 is 0 Å². The molecular weight excluding hydrogens is 234 g/mol. The molecule has 3 unspecified atom stereocenters. The quantitative estimate of drug-likeness (QED) is 0.871. The first-order valence-corrected chi connectivity index (χ1v) is 7.63. The second-order valence-corrected chi connectivity index (χ2v) is 6.72. The van der Waals surface area contributed by atoms with Crippen LogP contribution in [0.2, 0.25) is 0 Å². The van der Waals surface area contributed by atoms with Crippen LogP contribution in [0.4, 0.5) is 0 Å². The monoisotopic (exact) mass is 259 g/mol. The van der Waals surface area contributed by atoms with Crippen LogP contribution in [0.1, 0.15) is 62.2 Å². The second-order valence-electron chi connectivity index (χ2n) is 6.72. The average Bonchev–Trinajstić information content (AvgIpc) is 3.21. The second kappa shape index (κ2) is 4.92. The van der Waals surface area contributed by atoms with Crippen LogP contribution in [0, 0.1) is 11.3 Å². The van der Waals surface area contributed by atoms with Crippen molar-refractivity contribution in [2.24, 2.45) is 17.1 Å². The molecule has 2 aliphatic carbocycles. The number of hydrogen-bond donors (Lipinski definition) is 2. The van der Waals surface area contributed by atoms with E-state index in [9.17, 15) is 5.11 Å². The number of nitrogens with two attached hydrogens (primary N) is 1. The summed E-state index contributed by atoms with van der Waals surface area (Å²) in [5, 5.41) is 11.0. The highest BCUT2D eigenvalue weighted by Crippen LogP contribution is 2.52. The highest BCUT2D eigenvalue weighted by atomic mass is 16.3. The minimum Gasteiger partial charge on any atom is -0.388 e. The molecule has 3 N–H and O–H groups in total. The molecule has 0 bridgehead atoms. The lowest BCUT2D eigenvalue weighted by molar-refractivity contribution is 0.0301. The predicted octanol–water partition coefficient (Wildman–Crippen LogP) is 3.36. The molecule has 3 rings (SSSR count). The van der Waals surface area contributed by atoms with E-state index in [-0.39, 0.29) is 11.5 Å². The molecule has 0 aromatic heterocycles. The fourth-order valence-electron chi connectivity index (χ4n) is 3.83. The van der Waals surface area contributed by atoms with Gasteiger partial charge < -0.3 is 10.8 Å². The van der Waals surface area contributed by atoms with Gasteiger partial charge in [0.15, 0.2) is 0 Å². The van der Waals surface area contributed by atoms with Gasteiger partial charge in [-0.15, -0.1) is 0 Å². The van der Waals surface area contributed by atoms with Gasteiger partial charge in [-0.05, 0) is 48.6 Å². The van der Waals surface area contributed by atoms with E-state index in [1.165, 1.54) is 24.8 Å². The minimum absolute atomic E-state index is 0.0928. The molecule has 0 amide bonds. The molecule has 0 aliphatic heterocycles. The van der Waals surface area contributed by atoms with Crippen LogP contribution in [0.25, 0.3) is 0 Å². The standard InChI is InChI=1S/C17H25NO/c1-12-8-9-17(10-12,11-18)16(19)15-5-3-2-4-14(15)13-6-7-13/h2-5,12-13,16,19H,6-11,18H2,1H3. The average molecular weight is 259 g/mol. The first-order chi connectivity index (χ1) is 9.16. The molecule has 1 aromatic rings. The number of hydrogen-bond acceptors (Lipinski definition) is 2. The first kappa shape index (κ1) is 13.1. The van der Waals surface area contributed by atoms with Crippen molar-refractivity contribution in [3.8, 4) is 0 Å². The molecule has 19 heavy (non-hydrogen) atoms. The molecule has 0 spiro atoms. The highest BCUT2D eigenvalue weighted by Gasteiger charge is 2.44. The normalized spacial score (nSPS) is 32.5. The highest BCUT2D eigenvalue weighted by molar-refractivity contribution is 5.36. The summed E-state index contributed by atoms with van der Waals surface area (Å²) in [6.45, 7) is 2.87. The maximum Gasteiger partial charge on any atom is 0.0861 e. The van der Waals surface area contributed by atoms with E-state index in [0.717, 1.165) is 18.4 Å². The van der Waals surface area contributed by atoms with Gasteiger partial charge in [-0.2, -0.15) is 0 Å². The molecule has 2 aliphatic rings. The summed E-state index contributed by atoms with van der Waals surface area (Å²) in [5.41, 5.74) is 8.46. The zero-order valence-electron chi connectivity index (χ0n) is 11.8. The molecule has 0 radical (unpaired) electrons. The molecule has 104 valence electrons. The topological polar surface area (TPSA) is 46.2 Å². The van der Waals surface area contributed by atoms with Crippen LogP contribution in [-0.2, 0) is 0 Å². The van der Waals surface area contributed by atoms with Gasteiger partial charge in [0, 0.05) is 12.0 Å². The van der Waals surface area contributed by atoms with Gasteiger partial charge in [0.1, 0.15) is 0 Å². The Labute approximate surface area is 116 Å². The van der Waals surface area contributed by atoms with Crippen LogP contribution in [0.3, 0.4) is 0 Å². The third kappa shape index (κ3) is 2.32. The van der Waals surface area contributed by atoms with Crippen molar-refractivity contribution >= 4 is 0 Å². The smallest absolute Gasteiger partial charge is 0.0861 e. The Balaban J connectivity index is 1.92. The van der Waals surface area contributed by atoms with Crippen LogP contribution in [-0.4, -0.2) is 11.7 Å². The van der Waals surface area contributed by atoms with E-state index in [0.29, 0.717) is 18.4 Å². The molecule has 2 saturated carbocycles. The van der Waals surface area contributed by atoms with Crippen molar-refractivity contribution in [1.82, 2.24) is 0 Å². The zero-order chi connectivity index (χ0) is 13.5. The van der Waals surface area contributed by atoms with E-state index in [4.69, 9.17) is 5.73 Å². The number of aliphatic hydroxyl groups is 1. The van der Waals surface area contributed by atoms with Crippen molar-refractivity contribution in [1.29, 1.82) is 0 Å². The minimum atomic E-state index is -0.390. The SMILES string of the molecule is CC1CCC(CN)(C(O)c2ccccc2C2CC2)C1.